The monoisotopic (exact) mass is 295 g/mol. The molecule has 1 unspecified atom stereocenters. The van der Waals surface area contributed by atoms with Gasteiger partial charge in [0.15, 0.2) is 9.84 Å². The van der Waals surface area contributed by atoms with Gasteiger partial charge in [0.2, 0.25) is 0 Å². The third-order valence-corrected chi connectivity index (χ3v) is 5.40. The number of hydrogen-bond acceptors (Lipinski definition) is 6. The highest BCUT2D eigenvalue weighted by Crippen LogP contribution is 2.19. The molecule has 1 saturated heterocycles. The molecule has 2 aromatic rings. The highest BCUT2D eigenvalue weighted by molar-refractivity contribution is 7.91. The van der Waals surface area contributed by atoms with Crippen LogP contribution in [0.2, 0.25) is 0 Å². The summed E-state index contributed by atoms with van der Waals surface area (Å²) in [6.07, 6.45) is 3.15. The molecule has 0 amide bonds. The van der Waals surface area contributed by atoms with E-state index in [1.807, 2.05) is 13.0 Å². The number of sulfone groups is 1. The summed E-state index contributed by atoms with van der Waals surface area (Å²) in [6, 6.07) is 1.89. The maximum Gasteiger partial charge on any atom is 0.254 e. The van der Waals surface area contributed by atoms with Crippen molar-refractivity contribution in [2.45, 2.75) is 19.8 Å². The van der Waals surface area contributed by atoms with Gasteiger partial charge in [0.25, 0.3) is 5.78 Å². The minimum atomic E-state index is -2.86. The molecular weight excluding hydrogens is 278 g/mol. The first-order valence-electron chi connectivity index (χ1n) is 6.65. The van der Waals surface area contributed by atoms with Gasteiger partial charge in [-0.05, 0) is 25.7 Å². The third kappa shape index (κ3) is 2.74. The van der Waals surface area contributed by atoms with Crippen LogP contribution in [0, 0.1) is 12.8 Å². The standard InChI is InChI=1S/C12H17N5O2S/c1-9-5-11(17-12(16-9)14-8-15-17)13-6-10-3-2-4-20(18,19)7-10/h5,8,10,13H,2-4,6-7H2,1H3. The van der Waals surface area contributed by atoms with Gasteiger partial charge in [-0.25, -0.2) is 13.4 Å². The molecule has 3 rings (SSSR count). The van der Waals surface area contributed by atoms with Crippen molar-refractivity contribution in [1.82, 2.24) is 19.6 Å². The van der Waals surface area contributed by atoms with Crippen molar-refractivity contribution < 1.29 is 8.42 Å². The molecule has 8 heteroatoms. The van der Waals surface area contributed by atoms with Crippen molar-refractivity contribution >= 4 is 21.4 Å². The molecule has 0 aromatic carbocycles. The van der Waals surface area contributed by atoms with Gasteiger partial charge < -0.3 is 5.32 Å². The van der Waals surface area contributed by atoms with E-state index in [4.69, 9.17) is 0 Å². The Morgan fingerprint density at radius 2 is 2.35 bits per heavy atom. The molecule has 1 fully saturated rings. The van der Waals surface area contributed by atoms with Crippen molar-refractivity contribution in [2.75, 3.05) is 23.4 Å². The number of rotatable bonds is 3. The van der Waals surface area contributed by atoms with Gasteiger partial charge in [-0.2, -0.15) is 14.6 Å². The fourth-order valence-corrected chi connectivity index (χ4v) is 4.36. The molecule has 7 nitrogen and oxygen atoms in total. The minimum absolute atomic E-state index is 0.154. The molecule has 108 valence electrons. The van der Waals surface area contributed by atoms with Crippen LogP contribution >= 0.6 is 0 Å². The van der Waals surface area contributed by atoms with E-state index < -0.39 is 9.84 Å². The summed E-state index contributed by atoms with van der Waals surface area (Å²) >= 11 is 0. The maximum absolute atomic E-state index is 11.6. The van der Waals surface area contributed by atoms with Gasteiger partial charge in [-0.1, -0.05) is 0 Å². The van der Waals surface area contributed by atoms with Crippen LogP contribution in [-0.2, 0) is 9.84 Å². The zero-order valence-electron chi connectivity index (χ0n) is 11.3. The van der Waals surface area contributed by atoms with Crippen LogP contribution in [0.25, 0.3) is 5.78 Å². The minimum Gasteiger partial charge on any atom is -0.370 e. The van der Waals surface area contributed by atoms with Crippen LogP contribution in [0.5, 0.6) is 0 Å². The first-order valence-corrected chi connectivity index (χ1v) is 8.47. The van der Waals surface area contributed by atoms with E-state index in [0.717, 1.165) is 24.4 Å². The molecular formula is C12H17N5O2S. The molecule has 20 heavy (non-hydrogen) atoms. The van der Waals surface area contributed by atoms with Crippen molar-refractivity contribution in [3.8, 4) is 0 Å². The lowest BCUT2D eigenvalue weighted by atomic mass is 10.1. The molecule has 1 aliphatic heterocycles. The number of anilines is 1. The molecule has 3 heterocycles. The van der Waals surface area contributed by atoms with E-state index in [0.29, 0.717) is 18.1 Å². The van der Waals surface area contributed by atoms with E-state index in [-0.39, 0.29) is 11.7 Å². The van der Waals surface area contributed by atoms with Gasteiger partial charge >= 0.3 is 0 Å². The molecule has 1 atom stereocenters. The predicted octanol–water partition coefficient (Wildman–Crippen LogP) is 0.669. The summed E-state index contributed by atoms with van der Waals surface area (Å²) in [4.78, 5) is 8.33. The summed E-state index contributed by atoms with van der Waals surface area (Å²) in [5, 5.41) is 7.39. The predicted molar refractivity (Wildman–Crippen MR) is 75.4 cm³/mol. The SMILES string of the molecule is Cc1cc(NCC2CCCS(=O)(=O)C2)n2ncnc2n1. The van der Waals surface area contributed by atoms with E-state index in [2.05, 4.69) is 20.4 Å². The second kappa shape index (κ2) is 5.01. The lowest BCUT2D eigenvalue weighted by molar-refractivity contribution is 0.501. The molecule has 1 aliphatic rings. The third-order valence-electron chi connectivity index (χ3n) is 3.51. The highest BCUT2D eigenvalue weighted by atomic mass is 32.2. The average Bonchev–Trinajstić information content (AvgIpc) is 2.82. The molecule has 0 saturated carbocycles. The molecule has 0 aliphatic carbocycles. The fourth-order valence-electron chi connectivity index (χ4n) is 2.58. The summed E-state index contributed by atoms with van der Waals surface area (Å²) in [5.41, 5.74) is 0.851. The molecule has 0 bridgehead atoms. The zero-order chi connectivity index (χ0) is 14.2. The Morgan fingerprint density at radius 3 is 3.15 bits per heavy atom. The fraction of sp³-hybridized carbons (Fsp3) is 0.583. The van der Waals surface area contributed by atoms with Crippen LogP contribution in [0.15, 0.2) is 12.4 Å². The smallest absolute Gasteiger partial charge is 0.254 e. The van der Waals surface area contributed by atoms with Crippen molar-refractivity contribution in [2.24, 2.45) is 5.92 Å². The maximum atomic E-state index is 11.6. The van der Waals surface area contributed by atoms with E-state index in [1.54, 1.807) is 4.52 Å². The number of aromatic nitrogens is 4. The van der Waals surface area contributed by atoms with Gasteiger partial charge in [0.1, 0.15) is 12.1 Å². The number of nitrogens with zero attached hydrogens (tertiary/aromatic N) is 4. The Kier molecular flexibility index (Phi) is 3.33. The van der Waals surface area contributed by atoms with E-state index >= 15 is 0 Å². The quantitative estimate of drug-likeness (QED) is 0.895. The zero-order valence-corrected chi connectivity index (χ0v) is 12.1. The second-order valence-corrected chi connectivity index (χ2v) is 7.49. The Morgan fingerprint density at radius 1 is 1.50 bits per heavy atom. The number of aryl methyl sites for hydroxylation is 1. The van der Waals surface area contributed by atoms with Crippen LogP contribution < -0.4 is 5.32 Å². The highest BCUT2D eigenvalue weighted by Gasteiger charge is 2.24. The number of nitrogens with one attached hydrogen (secondary N) is 1. The van der Waals surface area contributed by atoms with Crippen molar-refractivity contribution in [3.05, 3.63) is 18.1 Å². The summed E-state index contributed by atoms with van der Waals surface area (Å²) in [6.45, 7) is 2.52. The normalized spacial score (nSPS) is 21.9. The average molecular weight is 295 g/mol. The van der Waals surface area contributed by atoms with E-state index in [1.165, 1.54) is 6.33 Å². The van der Waals surface area contributed by atoms with E-state index in [9.17, 15) is 8.42 Å². The van der Waals surface area contributed by atoms with Gasteiger partial charge in [0, 0.05) is 18.3 Å². The summed E-state index contributed by atoms with van der Waals surface area (Å²) < 4.78 is 24.9. The Balaban J connectivity index is 1.75. The van der Waals surface area contributed by atoms with Crippen LogP contribution in [0.3, 0.4) is 0 Å². The lowest BCUT2D eigenvalue weighted by Crippen LogP contribution is -2.30. The molecule has 2 aromatic heterocycles. The number of fused-ring (bicyclic) bond motifs is 1. The second-order valence-electron chi connectivity index (χ2n) is 5.26. The van der Waals surface area contributed by atoms with Crippen LogP contribution in [0.1, 0.15) is 18.5 Å². The summed E-state index contributed by atoms with van der Waals surface area (Å²) in [5.74, 6) is 2.09. The lowest BCUT2D eigenvalue weighted by Gasteiger charge is -2.22. The molecule has 0 spiro atoms. The Hall–Kier alpha value is -1.70. The van der Waals surface area contributed by atoms with Gasteiger partial charge in [-0.3, -0.25) is 0 Å². The first kappa shape index (κ1) is 13.3. The topological polar surface area (TPSA) is 89.2 Å². The molecule has 1 N–H and O–H groups in total. The molecule has 0 radical (unpaired) electrons. The van der Waals surface area contributed by atoms with Crippen LogP contribution in [-0.4, -0.2) is 46.1 Å². The van der Waals surface area contributed by atoms with Crippen molar-refractivity contribution in [3.63, 3.8) is 0 Å². The van der Waals surface area contributed by atoms with Gasteiger partial charge in [0.05, 0.1) is 11.5 Å². The summed E-state index contributed by atoms with van der Waals surface area (Å²) in [7, 11) is -2.86. The Bertz CT molecular complexity index is 725. The first-order chi connectivity index (χ1) is 9.53. The Labute approximate surface area is 117 Å². The number of hydrogen-bond donors (Lipinski definition) is 1. The van der Waals surface area contributed by atoms with Crippen LogP contribution in [0.4, 0.5) is 5.82 Å². The van der Waals surface area contributed by atoms with Crippen molar-refractivity contribution in [1.29, 1.82) is 0 Å². The largest absolute Gasteiger partial charge is 0.370 e. The van der Waals surface area contributed by atoms with Gasteiger partial charge in [-0.15, -0.1) is 0 Å².